The average Bonchev–Trinajstić information content (AvgIpc) is 3.27. The maximum absolute atomic E-state index is 12.6. The van der Waals surface area contributed by atoms with Crippen molar-refractivity contribution in [3.8, 4) is 11.3 Å². The SMILES string of the molecule is O=C(Nc1ccccc1NC(=O)c1cc(-c2ccccc2)no1)c1ccccc1. The van der Waals surface area contributed by atoms with Gasteiger partial charge in [-0.3, -0.25) is 9.59 Å². The molecule has 1 aromatic heterocycles. The molecule has 6 heteroatoms. The van der Waals surface area contributed by atoms with Gasteiger partial charge in [-0.15, -0.1) is 0 Å². The van der Waals surface area contributed by atoms with Gasteiger partial charge in [-0.25, -0.2) is 0 Å². The van der Waals surface area contributed by atoms with Gasteiger partial charge in [-0.05, 0) is 24.3 Å². The number of anilines is 2. The summed E-state index contributed by atoms with van der Waals surface area (Å²) in [6.07, 6.45) is 0. The molecular weight excluding hydrogens is 366 g/mol. The fourth-order valence-corrected chi connectivity index (χ4v) is 2.80. The first-order chi connectivity index (χ1) is 14.2. The summed E-state index contributed by atoms with van der Waals surface area (Å²) in [5, 5.41) is 9.53. The number of amides is 2. The Morgan fingerprint density at radius 3 is 1.90 bits per heavy atom. The van der Waals surface area contributed by atoms with Crippen LogP contribution in [0, 0.1) is 0 Å². The molecule has 0 atom stereocenters. The molecular formula is C23H17N3O3. The highest BCUT2D eigenvalue weighted by atomic mass is 16.5. The first-order valence-corrected chi connectivity index (χ1v) is 8.99. The molecule has 2 N–H and O–H groups in total. The van der Waals surface area contributed by atoms with Gasteiger partial charge >= 0.3 is 0 Å². The van der Waals surface area contributed by atoms with Crippen molar-refractivity contribution in [2.24, 2.45) is 0 Å². The lowest BCUT2D eigenvalue weighted by Gasteiger charge is -2.11. The lowest BCUT2D eigenvalue weighted by Crippen LogP contribution is -2.16. The Labute approximate surface area is 167 Å². The largest absolute Gasteiger partial charge is 0.350 e. The van der Waals surface area contributed by atoms with Gasteiger partial charge < -0.3 is 15.2 Å². The molecule has 6 nitrogen and oxygen atoms in total. The molecule has 4 rings (SSSR count). The number of hydrogen-bond donors (Lipinski definition) is 2. The monoisotopic (exact) mass is 383 g/mol. The highest BCUT2D eigenvalue weighted by Gasteiger charge is 2.16. The number of rotatable bonds is 5. The van der Waals surface area contributed by atoms with Crippen molar-refractivity contribution in [3.05, 3.63) is 102 Å². The van der Waals surface area contributed by atoms with E-state index in [9.17, 15) is 9.59 Å². The van der Waals surface area contributed by atoms with E-state index in [2.05, 4.69) is 15.8 Å². The first kappa shape index (κ1) is 18.2. The van der Waals surface area contributed by atoms with Crippen molar-refractivity contribution >= 4 is 23.2 Å². The highest BCUT2D eigenvalue weighted by molar-refractivity contribution is 6.09. The molecule has 3 aromatic carbocycles. The number of carbonyl (C=O) groups is 2. The maximum atomic E-state index is 12.6. The van der Waals surface area contributed by atoms with E-state index in [1.165, 1.54) is 0 Å². The van der Waals surface area contributed by atoms with Crippen molar-refractivity contribution in [3.63, 3.8) is 0 Å². The zero-order chi connectivity index (χ0) is 20.1. The fraction of sp³-hybridized carbons (Fsp3) is 0. The van der Waals surface area contributed by atoms with Gasteiger partial charge in [-0.1, -0.05) is 65.8 Å². The molecule has 0 saturated carbocycles. The number of para-hydroxylation sites is 2. The third-order valence-corrected chi connectivity index (χ3v) is 4.26. The van der Waals surface area contributed by atoms with Crippen LogP contribution in [0.1, 0.15) is 20.9 Å². The summed E-state index contributed by atoms with van der Waals surface area (Å²) in [6, 6.07) is 26.8. The Balaban J connectivity index is 1.51. The van der Waals surface area contributed by atoms with Gasteiger partial charge in [0.05, 0.1) is 11.4 Å². The van der Waals surface area contributed by atoms with Crippen LogP contribution in [0.4, 0.5) is 11.4 Å². The number of aromatic nitrogens is 1. The van der Waals surface area contributed by atoms with Crippen molar-refractivity contribution in [1.29, 1.82) is 0 Å². The van der Waals surface area contributed by atoms with Gasteiger partial charge in [0.25, 0.3) is 11.8 Å². The number of carbonyl (C=O) groups excluding carboxylic acids is 2. The molecule has 0 aliphatic carbocycles. The van der Waals surface area contributed by atoms with Crippen LogP contribution >= 0.6 is 0 Å². The zero-order valence-electron chi connectivity index (χ0n) is 15.3. The second-order valence-corrected chi connectivity index (χ2v) is 6.26. The normalized spacial score (nSPS) is 10.3. The molecule has 0 aliphatic rings. The van der Waals surface area contributed by atoms with Crippen LogP contribution in [0.3, 0.4) is 0 Å². The van der Waals surface area contributed by atoms with E-state index in [1.807, 2.05) is 36.4 Å². The van der Waals surface area contributed by atoms with E-state index in [1.54, 1.807) is 54.6 Å². The minimum absolute atomic E-state index is 0.0769. The topological polar surface area (TPSA) is 84.2 Å². The first-order valence-electron chi connectivity index (χ1n) is 8.99. The van der Waals surface area contributed by atoms with E-state index in [-0.39, 0.29) is 11.7 Å². The van der Waals surface area contributed by atoms with Crippen LogP contribution in [-0.2, 0) is 0 Å². The standard InChI is InChI=1S/C23H17N3O3/c27-22(17-11-5-2-6-12-17)24-18-13-7-8-14-19(18)25-23(28)21-15-20(26-29-21)16-9-3-1-4-10-16/h1-15H,(H,24,27)(H,25,28). The van der Waals surface area contributed by atoms with E-state index < -0.39 is 5.91 Å². The fourth-order valence-electron chi connectivity index (χ4n) is 2.80. The molecule has 0 saturated heterocycles. The quantitative estimate of drug-likeness (QED) is 0.516. The summed E-state index contributed by atoms with van der Waals surface area (Å²) >= 11 is 0. The highest BCUT2D eigenvalue weighted by Crippen LogP contribution is 2.24. The van der Waals surface area contributed by atoms with Gasteiger partial charge in [0.1, 0.15) is 5.69 Å². The van der Waals surface area contributed by atoms with Crippen molar-refractivity contribution in [2.75, 3.05) is 10.6 Å². The molecule has 1 heterocycles. The minimum atomic E-state index is -0.457. The predicted octanol–water partition coefficient (Wildman–Crippen LogP) is 4.85. The van der Waals surface area contributed by atoms with Crippen LogP contribution in [0.15, 0.2) is 95.5 Å². The number of hydrogen-bond acceptors (Lipinski definition) is 4. The lowest BCUT2D eigenvalue weighted by atomic mass is 10.1. The number of nitrogens with one attached hydrogen (secondary N) is 2. The molecule has 2 amide bonds. The van der Waals surface area contributed by atoms with Crippen molar-refractivity contribution in [2.45, 2.75) is 0 Å². The zero-order valence-corrected chi connectivity index (χ0v) is 15.3. The van der Waals surface area contributed by atoms with Gasteiger partial charge in [0, 0.05) is 17.2 Å². The average molecular weight is 383 g/mol. The van der Waals surface area contributed by atoms with Crippen LogP contribution < -0.4 is 10.6 Å². The number of benzene rings is 3. The summed E-state index contributed by atoms with van der Waals surface area (Å²) in [5.74, 6) is -0.646. The molecule has 0 unspecified atom stereocenters. The summed E-state index contributed by atoms with van der Waals surface area (Å²) in [4.78, 5) is 25.0. The summed E-state index contributed by atoms with van der Waals surface area (Å²) < 4.78 is 5.19. The minimum Gasteiger partial charge on any atom is -0.350 e. The van der Waals surface area contributed by atoms with Crippen molar-refractivity contribution < 1.29 is 14.1 Å². The van der Waals surface area contributed by atoms with Crippen LogP contribution in [0.5, 0.6) is 0 Å². The summed E-state index contributed by atoms with van der Waals surface area (Å²) in [7, 11) is 0. The third kappa shape index (κ3) is 4.22. The van der Waals surface area contributed by atoms with Crippen molar-refractivity contribution in [1.82, 2.24) is 5.16 Å². The molecule has 4 aromatic rings. The van der Waals surface area contributed by atoms with E-state index in [4.69, 9.17) is 4.52 Å². The smallest absolute Gasteiger partial charge is 0.294 e. The Bertz CT molecular complexity index is 1140. The van der Waals surface area contributed by atoms with E-state index in [0.717, 1.165) is 5.56 Å². The molecule has 0 radical (unpaired) electrons. The van der Waals surface area contributed by atoms with Gasteiger partial charge in [-0.2, -0.15) is 0 Å². The number of nitrogens with zero attached hydrogens (tertiary/aromatic N) is 1. The Hall–Kier alpha value is -4.19. The van der Waals surface area contributed by atoms with Crippen LogP contribution in [0.2, 0.25) is 0 Å². The van der Waals surface area contributed by atoms with Gasteiger partial charge in [0.2, 0.25) is 5.76 Å². The summed E-state index contributed by atoms with van der Waals surface area (Å²) in [5.41, 5.74) is 2.89. The second-order valence-electron chi connectivity index (χ2n) is 6.26. The molecule has 0 aliphatic heterocycles. The molecule has 0 spiro atoms. The molecule has 29 heavy (non-hydrogen) atoms. The van der Waals surface area contributed by atoms with E-state index >= 15 is 0 Å². The van der Waals surface area contributed by atoms with Crippen LogP contribution in [-0.4, -0.2) is 17.0 Å². The second kappa shape index (κ2) is 8.22. The van der Waals surface area contributed by atoms with Crippen LogP contribution in [0.25, 0.3) is 11.3 Å². The predicted molar refractivity (Wildman–Crippen MR) is 111 cm³/mol. The lowest BCUT2D eigenvalue weighted by molar-refractivity contribution is 0.0985. The maximum Gasteiger partial charge on any atom is 0.294 e. The Morgan fingerprint density at radius 1 is 0.690 bits per heavy atom. The summed E-state index contributed by atoms with van der Waals surface area (Å²) in [6.45, 7) is 0. The van der Waals surface area contributed by atoms with E-state index in [0.29, 0.717) is 22.6 Å². The third-order valence-electron chi connectivity index (χ3n) is 4.26. The Morgan fingerprint density at radius 2 is 1.24 bits per heavy atom. The molecule has 0 fully saturated rings. The molecule has 142 valence electrons. The molecule has 0 bridgehead atoms. The van der Waals surface area contributed by atoms with Gasteiger partial charge in [0.15, 0.2) is 0 Å². The Kier molecular flexibility index (Phi) is 5.16.